The van der Waals surface area contributed by atoms with Crippen LogP contribution in [0.5, 0.6) is 0 Å². The molecule has 2 aliphatic rings. The Bertz CT molecular complexity index is 1080. The summed E-state index contributed by atoms with van der Waals surface area (Å²) in [6, 6.07) is 2.26. The first-order valence-electron chi connectivity index (χ1n) is 10.0. The van der Waals surface area contributed by atoms with E-state index in [-0.39, 0.29) is 56.1 Å². The van der Waals surface area contributed by atoms with Crippen molar-refractivity contribution in [1.82, 2.24) is 19.7 Å². The molecule has 12 heteroatoms. The van der Waals surface area contributed by atoms with E-state index in [0.717, 1.165) is 12.3 Å². The number of carbonyl (C=O) groups excluding carboxylic acids is 1. The van der Waals surface area contributed by atoms with Crippen molar-refractivity contribution >= 4 is 11.7 Å². The molecule has 2 amide bonds. The summed E-state index contributed by atoms with van der Waals surface area (Å²) >= 11 is 0. The van der Waals surface area contributed by atoms with E-state index in [9.17, 15) is 26.7 Å². The monoisotopic (exact) mass is 454 g/mol. The molecule has 1 atom stereocenters. The number of carbonyl (C=O) groups is 1. The zero-order valence-electron chi connectivity index (χ0n) is 16.8. The molecule has 0 spiro atoms. The Morgan fingerprint density at radius 1 is 1.41 bits per heavy atom. The first kappa shape index (κ1) is 22.0. The number of nitriles is 1. The van der Waals surface area contributed by atoms with Gasteiger partial charge in [0.25, 0.3) is 12.3 Å². The standard InChI is InChI=1S/C20H19F5N6O/c21-15-14(3-7-27-16(15)18(22)23)28-19(32)30-8-4-13-12(10-30)17-20(24,25)5-1-11(2-6-26)9-31(17)29-13/h3,7,11,18H,1-2,4-5,8-10H2,(H,27,28,32). The molecule has 2 aromatic rings. The minimum Gasteiger partial charge on any atom is -0.320 e. The molecule has 0 bridgehead atoms. The third-order valence-electron chi connectivity index (χ3n) is 5.78. The van der Waals surface area contributed by atoms with Crippen LogP contribution in [0, 0.1) is 23.1 Å². The van der Waals surface area contributed by atoms with Gasteiger partial charge < -0.3 is 10.2 Å². The SMILES string of the molecule is N#CCC1CCC(F)(F)c2c3c(nn2C1)CCN(C(=O)Nc1ccnc(C(F)F)c1F)C3. The lowest BCUT2D eigenvalue weighted by atomic mass is 9.96. The zero-order valence-corrected chi connectivity index (χ0v) is 16.8. The summed E-state index contributed by atoms with van der Waals surface area (Å²) in [7, 11) is 0. The van der Waals surface area contributed by atoms with Crippen LogP contribution in [0.15, 0.2) is 12.3 Å². The summed E-state index contributed by atoms with van der Waals surface area (Å²) in [5, 5.41) is 15.5. The quantitative estimate of drug-likeness (QED) is 0.699. The summed E-state index contributed by atoms with van der Waals surface area (Å²) in [4.78, 5) is 17.1. The average Bonchev–Trinajstić information content (AvgIpc) is 3.05. The molecule has 1 N–H and O–H groups in total. The van der Waals surface area contributed by atoms with Gasteiger partial charge in [-0.1, -0.05) is 0 Å². The number of rotatable bonds is 3. The molecule has 2 aliphatic heterocycles. The first-order valence-corrected chi connectivity index (χ1v) is 10.0. The van der Waals surface area contributed by atoms with Gasteiger partial charge in [-0.25, -0.2) is 18.0 Å². The van der Waals surface area contributed by atoms with Gasteiger partial charge in [0.1, 0.15) is 11.4 Å². The van der Waals surface area contributed by atoms with Crippen molar-refractivity contribution in [3.63, 3.8) is 0 Å². The van der Waals surface area contributed by atoms with Gasteiger partial charge in [-0.05, 0) is 18.4 Å². The molecule has 32 heavy (non-hydrogen) atoms. The van der Waals surface area contributed by atoms with Crippen molar-refractivity contribution in [3.8, 4) is 6.07 Å². The van der Waals surface area contributed by atoms with Gasteiger partial charge in [-0.15, -0.1) is 0 Å². The fourth-order valence-corrected chi connectivity index (χ4v) is 4.18. The van der Waals surface area contributed by atoms with Crippen LogP contribution in [0.3, 0.4) is 0 Å². The molecular weight excluding hydrogens is 435 g/mol. The van der Waals surface area contributed by atoms with Crippen molar-refractivity contribution in [2.24, 2.45) is 5.92 Å². The van der Waals surface area contributed by atoms with Crippen LogP contribution in [0.1, 0.15) is 48.3 Å². The number of pyridine rings is 1. The van der Waals surface area contributed by atoms with Crippen LogP contribution in [-0.2, 0) is 25.4 Å². The summed E-state index contributed by atoms with van der Waals surface area (Å²) in [6.07, 6.45) is -2.10. The lowest BCUT2D eigenvalue weighted by Crippen LogP contribution is -2.39. The Balaban J connectivity index is 1.58. The zero-order chi connectivity index (χ0) is 23.0. The van der Waals surface area contributed by atoms with E-state index in [1.165, 1.54) is 9.58 Å². The van der Waals surface area contributed by atoms with E-state index in [1.54, 1.807) is 0 Å². The lowest BCUT2D eigenvalue weighted by Gasteiger charge is -2.28. The number of halogens is 5. The van der Waals surface area contributed by atoms with Gasteiger partial charge >= 0.3 is 6.03 Å². The van der Waals surface area contributed by atoms with Crippen LogP contribution < -0.4 is 5.32 Å². The Hall–Kier alpha value is -3.23. The van der Waals surface area contributed by atoms with Gasteiger partial charge in [0, 0.05) is 44.1 Å². The minimum absolute atomic E-state index is 0.136. The van der Waals surface area contributed by atoms with Crippen LogP contribution in [0.2, 0.25) is 0 Å². The highest BCUT2D eigenvalue weighted by atomic mass is 19.3. The number of nitrogens with one attached hydrogen (secondary N) is 1. The highest BCUT2D eigenvalue weighted by Crippen LogP contribution is 2.42. The number of fused-ring (bicyclic) bond motifs is 3. The van der Waals surface area contributed by atoms with Crippen LogP contribution in [-0.4, -0.2) is 32.2 Å². The number of nitrogens with zero attached hydrogens (tertiary/aromatic N) is 5. The Morgan fingerprint density at radius 3 is 2.91 bits per heavy atom. The third kappa shape index (κ3) is 3.99. The smallest absolute Gasteiger partial charge is 0.320 e. The Kier molecular flexibility index (Phi) is 5.75. The predicted molar refractivity (Wildman–Crippen MR) is 101 cm³/mol. The van der Waals surface area contributed by atoms with E-state index in [4.69, 9.17) is 5.26 Å². The molecule has 0 radical (unpaired) electrons. The maximum Gasteiger partial charge on any atom is 0.322 e. The molecule has 0 aromatic carbocycles. The van der Waals surface area contributed by atoms with Gasteiger partial charge in [0.05, 0.1) is 24.0 Å². The van der Waals surface area contributed by atoms with Gasteiger partial charge in [-0.3, -0.25) is 9.67 Å². The van der Waals surface area contributed by atoms with Gasteiger partial charge in [0.2, 0.25) is 0 Å². The van der Waals surface area contributed by atoms with Crippen LogP contribution in [0.25, 0.3) is 0 Å². The highest BCUT2D eigenvalue weighted by molar-refractivity contribution is 5.89. The molecule has 1 unspecified atom stereocenters. The number of urea groups is 1. The lowest BCUT2D eigenvalue weighted by molar-refractivity contribution is -0.0217. The number of hydrogen-bond donors (Lipinski definition) is 1. The maximum absolute atomic E-state index is 14.9. The van der Waals surface area contributed by atoms with Crippen molar-refractivity contribution in [2.45, 2.75) is 51.1 Å². The molecule has 0 aliphatic carbocycles. The third-order valence-corrected chi connectivity index (χ3v) is 5.78. The minimum atomic E-state index is -3.17. The number of amides is 2. The predicted octanol–water partition coefficient (Wildman–Crippen LogP) is 4.36. The largest absolute Gasteiger partial charge is 0.322 e. The van der Waals surface area contributed by atoms with E-state index in [1.807, 2.05) is 6.07 Å². The fourth-order valence-electron chi connectivity index (χ4n) is 4.18. The fraction of sp³-hybridized carbons (Fsp3) is 0.500. The molecule has 4 rings (SSSR count). The Morgan fingerprint density at radius 2 is 2.19 bits per heavy atom. The highest BCUT2D eigenvalue weighted by Gasteiger charge is 2.43. The molecule has 0 saturated heterocycles. The van der Waals surface area contributed by atoms with E-state index < -0.39 is 42.0 Å². The second-order valence-corrected chi connectivity index (χ2v) is 7.89. The number of alkyl halides is 4. The number of aromatic nitrogens is 3. The summed E-state index contributed by atoms with van der Waals surface area (Å²) in [5.41, 5.74) is -1.13. The van der Waals surface area contributed by atoms with Crippen LogP contribution >= 0.6 is 0 Å². The second kappa shape index (κ2) is 8.37. The molecular formula is C20H19F5N6O. The van der Waals surface area contributed by atoms with Gasteiger partial charge in [-0.2, -0.15) is 19.1 Å². The van der Waals surface area contributed by atoms with Crippen LogP contribution in [0.4, 0.5) is 32.4 Å². The Labute approximate surface area is 179 Å². The molecule has 7 nitrogen and oxygen atoms in total. The maximum atomic E-state index is 14.9. The average molecular weight is 454 g/mol. The van der Waals surface area contributed by atoms with Crippen molar-refractivity contribution in [3.05, 3.63) is 40.7 Å². The van der Waals surface area contributed by atoms with E-state index in [2.05, 4.69) is 15.4 Å². The van der Waals surface area contributed by atoms with Crippen molar-refractivity contribution < 1.29 is 26.7 Å². The first-order chi connectivity index (χ1) is 15.2. The normalized spacial score (nSPS) is 19.7. The topological polar surface area (TPSA) is 86.8 Å². The number of anilines is 1. The second-order valence-electron chi connectivity index (χ2n) is 7.89. The molecule has 0 fully saturated rings. The summed E-state index contributed by atoms with van der Waals surface area (Å²) < 4.78 is 71.0. The molecule has 0 saturated carbocycles. The summed E-state index contributed by atoms with van der Waals surface area (Å²) in [5.74, 6) is -4.76. The molecule has 2 aromatic heterocycles. The van der Waals surface area contributed by atoms with E-state index in [0.29, 0.717) is 5.69 Å². The van der Waals surface area contributed by atoms with Gasteiger partial charge in [0.15, 0.2) is 5.82 Å². The van der Waals surface area contributed by atoms with Crippen molar-refractivity contribution in [2.75, 3.05) is 11.9 Å². The van der Waals surface area contributed by atoms with Crippen molar-refractivity contribution in [1.29, 1.82) is 5.26 Å². The molecule has 170 valence electrons. The number of hydrogen-bond acceptors (Lipinski definition) is 4. The summed E-state index contributed by atoms with van der Waals surface area (Å²) in [6.45, 7) is 0.149. The molecule has 4 heterocycles. The van der Waals surface area contributed by atoms with E-state index >= 15 is 0 Å².